The van der Waals surface area contributed by atoms with Crippen LogP contribution < -0.4 is 16.4 Å². The van der Waals surface area contributed by atoms with Crippen LogP contribution in [0.2, 0.25) is 0 Å². The van der Waals surface area contributed by atoms with Crippen LogP contribution in [0.15, 0.2) is 12.5 Å². The number of H-pyrrole nitrogens is 1. The zero-order chi connectivity index (χ0) is 26.8. The number of carbonyl (C=O) groups excluding carboxylic acids is 3. The van der Waals surface area contributed by atoms with Gasteiger partial charge in [-0.3, -0.25) is 24.0 Å². The third-order valence-electron chi connectivity index (χ3n) is 5.70. The van der Waals surface area contributed by atoms with Crippen molar-refractivity contribution in [2.75, 3.05) is 6.54 Å². The normalized spacial score (nSPS) is 17.6. The SMILES string of the molecule is NC(CCC(=O)O)C(=O)N1CCCC1C(=O)NC(CCC(=O)O)C(=O)NC(Cc1cnc[nH]1)C(=O)O. The summed E-state index contributed by atoms with van der Waals surface area (Å²) in [5.41, 5.74) is 6.24. The van der Waals surface area contributed by atoms with E-state index in [9.17, 15) is 33.9 Å². The number of hydrogen-bond donors (Lipinski definition) is 7. The Balaban J connectivity index is 2.09. The summed E-state index contributed by atoms with van der Waals surface area (Å²) in [6, 6.07) is -4.87. The number of likely N-dealkylation sites (tertiary alicyclic amines) is 1. The standard InChI is InChI=1S/C21H30N6O9/c22-12(3-5-16(28)29)20(34)27-7-1-2-15(27)19(33)25-13(4-6-17(30)31)18(32)26-14(21(35)36)8-11-9-23-10-24-11/h9-10,12-15H,1-8,22H2,(H,23,24)(H,25,33)(H,26,32)(H,28,29)(H,30,31)(H,35,36). The maximum absolute atomic E-state index is 13.0. The van der Waals surface area contributed by atoms with Gasteiger partial charge in [0.25, 0.3) is 0 Å². The molecule has 8 N–H and O–H groups in total. The van der Waals surface area contributed by atoms with Crippen LogP contribution in [-0.4, -0.2) is 96.5 Å². The van der Waals surface area contributed by atoms with Crippen LogP contribution in [0.4, 0.5) is 0 Å². The number of amides is 3. The Labute approximate surface area is 205 Å². The van der Waals surface area contributed by atoms with Gasteiger partial charge in [0.2, 0.25) is 17.7 Å². The van der Waals surface area contributed by atoms with Gasteiger partial charge in [-0.1, -0.05) is 0 Å². The molecule has 3 amide bonds. The summed E-state index contributed by atoms with van der Waals surface area (Å²) in [5.74, 6) is -5.91. The van der Waals surface area contributed by atoms with E-state index in [1.807, 2.05) is 0 Å². The van der Waals surface area contributed by atoms with Crippen LogP contribution >= 0.6 is 0 Å². The molecule has 1 saturated heterocycles. The number of nitrogens with two attached hydrogens (primary N) is 1. The number of hydrogen-bond acceptors (Lipinski definition) is 8. The zero-order valence-corrected chi connectivity index (χ0v) is 19.4. The lowest BCUT2D eigenvalue weighted by Crippen LogP contribution is -2.57. The molecule has 0 aromatic carbocycles. The van der Waals surface area contributed by atoms with Gasteiger partial charge in [-0.15, -0.1) is 0 Å². The van der Waals surface area contributed by atoms with E-state index < -0.39 is 66.2 Å². The fraction of sp³-hybridized carbons (Fsp3) is 0.571. The second-order valence-electron chi connectivity index (χ2n) is 8.40. The lowest BCUT2D eigenvalue weighted by atomic mass is 10.1. The molecular formula is C21H30N6O9. The molecule has 1 aliphatic rings. The molecule has 4 atom stereocenters. The summed E-state index contributed by atoms with van der Waals surface area (Å²) in [6.45, 7) is 0.203. The largest absolute Gasteiger partial charge is 0.481 e. The van der Waals surface area contributed by atoms with Gasteiger partial charge in [0.1, 0.15) is 18.1 Å². The third kappa shape index (κ3) is 8.33. The van der Waals surface area contributed by atoms with Gasteiger partial charge in [-0.05, 0) is 25.7 Å². The molecule has 0 aliphatic carbocycles. The van der Waals surface area contributed by atoms with E-state index >= 15 is 0 Å². The molecule has 15 nitrogen and oxygen atoms in total. The predicted molar refractivity (Wildman–Crippen MR) is 120 cm³/mol. The fourth-order valence-corrected chi connectivity index (χ4v) is 3.81. The first-order chi connectivity index (χ1) is 17.0. The molecular weight excluding hydrogens is 480 g/mol. The Morgan fingerprint density at radius 1 is 1.06 bits per heavy atom. The lowest BCUT2D eigenvalue weighted by molar-refractivity contribution is -0.144. The number of aromatic nitrogens is 2. The zero-order valence-electron chi connectivity index (χ0n) is 19.4. The molecule has 2 rings (SSSR count). The Morgan fingerprint density at radius 2 is 1.72 bits per heavy atom. The van der Waals surface area contributed by atoms with Crippen molar-refractivity contribution in [3.8, 4) is 0 Å². The van der Waals surface area contributed by atoms with Gasteiger partial charge in [-0.25, -0.2) is 9.78 Å². The number of rotatable bonds is 14. The van der Waals surface area contributed by atoms with Gasteiger partial charge in [-0.2, -0.15) is 0 Å². The van der Waals surface area contributed by atoms with Crippen LogP contribution in [0.25, 0.3) is 0 Å². The van der Waals surface area contributed by atoms with Crippen molar-refractivity contribution in [3.63, 3.8) is 0 Å². The van der Waals surface area contributed by atoms with E-state index in [4.69, 9.17) is 15.9 Å². The highest BCUT2D eigenvalue weighted by Gasteiger charge is 2.38. The molecule has 2 heterocycles. The molecule has 0 saturated carbocycles. The Hall–Kier alpha value is -4.01. The molecule has 1 aromatic rings. The van der Waals surface area contributed by atoms with Crippen molar-refractivity contribution in [3.05, 3.63) is 18.2 Å². The smallest absolute Gasteiger partial charge is 0.326 e. The number of carboxylic acids is 3. The molecule has 0 radical (unpaired) electrons. The minimum atomic E-state index is -1.38. The Bertz CT molecular complexity index is 967. The first-order valence-electron chi connectivity index (χ1n) is 11.3. The van der Waals surface area contributed by atoms with Crippen molar-refractivity contribution in [1.82, 2.24) is 25.5 Å². The molecule has 1 aromatic heterocycles. The molecule has 1 aliphatic heterocycles. The third-order valence-corrected chi connectivity index (χ3v) is 5.70. The Morgan fingerprint density at radius 3 is 2.31 bits per heavy atom. The number of nitrogens with one attached hydrogen (secondary N) is 3. The van der Waals surface area contributed by atoms with Crippen LogP contribution in [0.1, 0.15) is 44.2 Å². The number of nitrogens with zero attached hydrogens (tertiary/aromatic N) is 2. The van der Waals surface area contributed by atoms with Crippen molar-refractivity contribution < 1.29 is 44.1 Å². The molecule has 4 unspecified atom stereocenters. The summed E-state index contributed by atoms with van der Waals surface area (Å²) in [5, 5.41) is 32.0. The topological polar surface area (TPSA) is 245 Å². The fourth-order valence-electron chi connectivity index (χ4n) is 3.81. The molecule has 15 heteroatoms. The quantitative estimate of drug-likeness (QED) is 0.145. The lowest BCUT2D eigenvalue weighted by Gasteiger charge is -2.28. The van der Waals surface area contributed by atoms with E-state index in [2.05, 4.69) is 20.6 Å². The van der Waals surface area contributed by atoms with Gasteiger partial charge < -0.3 is 41.6 Å². The van der Waals surface area contributed by atoms with Gasteiger partial charge in [0, 0.05) is 37.7 Å². The number of carboxylic acid groups (broad SMARTS) is 3. The molecule has 1 fully saturated rings. The highest BCUT2D eigenvalue weighted by molar-refractivity contribution is 5.94. The van der Waals surface area contributed by atoms with E-state index in [-0.39, 0.29) is 38.6 Å². The van der Waals surface area contributed by atoms with Crippen LogP contribution in [-0.2, 0) is 35.2 Å². The van der Waals surface area contributed by atoms with Crippen LogP contribution in [0, 0.1) is 0 Å². The maximum Gasteiger partial charge on any atom is 0.326 e. The minimum Gasteiger partial charge on any atom is -0.481 e. The Kier molecular flexibility index (Phi) is 10.3. The highest BCUT2D eigenvalue weighted by Crippen LogP contribution is 2.19. The minimum absolute atomic E-state index is 0.116. The average Bonchev–Trinajstić information content (AvgIpc) is 3.51. The molecule has 36 heavy (non-hydrogen) atoms. The predicted octanol–water partition coefficient (Wildman–Crippen LogP) is -1.95. The van der Waals surface area contributed by atoms with Crippen molar-refractivity contribution in [2.24, 2.45) is 5.73 Å². The van der Waals surface area contributed by atoms with E-state index in [0.29, 0.717) is 12.1 Å². The first-order valence-corrected chi connectivity index (χ1v) is 11.3. The molecule has 198 valence electrons. The van der Waals surface area contributed by atoms with E-state index in [1.54, 1.807) is 0 Å². The summed E-state index contributed by atoms with van der Waals surface area (Å²) in [6.07, 6.45) is 2.09. The summed E-state index contributed by atoms with van der Waals surface area (Å²) in [7, 11) is 0. The average molecular weight is 511 g/mol. The number of carbonyl (C=O) groups is 6. The monoisotopic (exact) mass is 510 g/mol. The highest BCUT2D eigenvalue weighted by atomic mass is 16.4. The van der Waals surface area contributed by atoms with Crippen LogP contribution in [0.3, 0.4) is 0 Å². The molecule has 0 bridgehead atoms. The van der Waals surface area contributed by atoms with Crippen molar-refractivity contribution >= 4 is 35.6 Å². The second-order valence-corrected chi connectivity index (χ2v) is 8.40. The molecule has 0 spiro atoms. The first kappa shape index (κ1) is 28.2. The summed E-state index contributed by atoms with van der Waals surface area (Å²) >= 11 is 0. The summed E-state index contributed by atoms with van der Waals surface area (Å²) in [4.78, 5) is 79.7. The van der Waals surface area contributed by atoms with Gasteiger partial charge in [0.05, 0.1) is 12.4 Å². The number of aromatic amines is 1. The second kappa shape index (κ2) is 13.2. The van der Waals surface area contributed by atoms with Crippen molar-refractivity contribution in [2.45, 2.75) is 69.1 Å². The van der Waals surface area contributed by atoms with Gasteiger partial charge in [0.15, 0.2) is 0 Å². The van der Waals surface area contributed by atoms with E-state index in [0.717, 1.165) is 0 Å². The summed E-state index contributed by atoms with van der Waals surface area (Å²) < 4.78 is 0. The van der Waals surface area contributed by atoms with Crippen molar-refractivity contribution in [1.29, 1.82) is 0 Å². The van der Waals surface area contributed by atoms with Crippen LogP contribution in [0.5, 0.6) is 0 Å². The van der Waals surface area contributed by atoms with Gasteiger partial charge >= 0.3 is 17.9 Å². The number of aliphatic carboxylic acids is 3. The van der Waals surface area contributed by atoms with E-state index in [1.165, 1.54) is 17.4 Å². The number of imidazole rings is 1. The maximum atomic E-state index is 13.0.